The third kappa shape index (κ3) is 6.40. The van der Waals surface area contributed by atoms with Crippen LogP contribution in [0.3, 0.4) is 0 Å². The van der Waals surface area contributed by atoms with Crippen LogP contribution in [0, 0.1) is 0 Å². The Morgan fingerprint density at radius 2 is 1.90 bits per heavy atom. The van der Waals surface area contributed by atoms with Crippen LogP contribution in [-0.4, -0.2) is 45.4 Å². The largest absolute Gasteiger partial charge is 0.480 e. The number of rotatable bonds is 7. The first-order chi connectivity index (χ1) is 9.90. The summed E-state index contributed by atoms with van der Waals surface area (Å²) in [6.45, 7) is 1.97. The Morgan fingerprint density at radius 3 is 2.43 bits per heavy atom. The molecule has 21 heavy (non-hydrogen) atoms. The van der Waals surface area contributed by atoms with Crippen LogP contribution < -0.4 is 10.6 Å². The summed E-state index contributed by atoms with van der Waals surface area (Å²) in [6.07, 6.45) is 1.76. The minimum absolute atomic E-state index is 0.187. The molecule has 2 unspecified atom stereocenters. The number of carboxylic acid groups (broad SMARTS) is 1. The van der Waals surface area contributed by atoms with Crippen molar-refractivity contribution >= 4 is 22.8 Å². The minimum atomic E-state index is -1.10. The Balaban J connectivity index is 2.53. The molecule has 0 saturated heterocycles. The zero-order valence-electron chi connectivity index (χ0n) is 12.0. The van der Waals surface area contributed by atoms with Crippen molar-refractivity contribution in [2.24, 2.45) is 0 Å². The third-order valence-corrected chi connectivity index (χ3v) is 4.30. The molecule has 3 atom stereocenters. The topological polar surface area (TPSA) is 95.5 Å². The molecule has 0 aliphatic carbocycles. The molecule has 1 aromatic rings. The van der Waals surface area contributed by atoms with Crippen LogP contribution in [0.5, 0.6) is 0 Å². The number of urea groups is 1. The van der Waals surface area contributed by atoms with Gasteiger partial charge in [-0.2, -0.15) is 0 Å². The third-order valence-electron chi connectivity index (χ3n) is 3.00. The molecule has 6 nitrogen and oxygen atoms in total. The maximum absolute atomic E-state index is 11.7. The summed E-state index contributed by atoms with van der Waals surface area (Å²) in [5.41, 5.74) is 0.827. The van der Waals surface area contributed by atoms with Gasteiger partial charge in [0.15, 0.2) is 0 Å². The average molecular weight is 312 g/mol. The fourth-order valence-electron chi connectivity index (χ4n) is 1.61. The van der Waals surface area contributed by atoms with E-state index in [-0.39, 0.29) is 18.2 Å². The van der Waals surface area contributed by atoms with Gasteiger partial charge in [-0.15, -0.1) is 0 Å². The van der Waals surface area contributed by atoms with Gasteiger partial charge >= 0.3 is 12.0 Å². The van der Waals surface area contributed by atoms with Crippen LogP contribution in [0.4, 0.5) is 4.79 Å². The molecule has 0 aliphatic heterocycles. The van der Waals surface area contributed by atoms with E-state index in [1.54, 1.807) is 25.3 Å². The molecule has 1 aromatic carbocycles. The fourth-order valence-corrected chi connectivity index (χ4v) is 1.93. The predicted octanol–water partition coefficient (Wildman–Crippen LogP) is 0.748. The number of carbonyl (C=O) groups excluding carboxylic acids is 1. The molecule has 7 heteroatoms. The average Bonchev–Trinajstić information content (AvgIpc) is 2.44. The van der Waals surface area contributed by atoms with Crippen molar-refractivity contribution in [3.05, 3.63) is 35.9 Å². The monoisotopic (exact) mass is 312 g/mol. The highest BCUT2D eigenvalue weighted by atomic mass is 32.2. The van der Waals surface area contributed by atoms with Crippen LogP contribution in [0.2, 0.25) is 0 Å². The molecule has 0 saturated carbocycles. The number of hydrogen-bond acceptors (Lipinski definition) is 3. The van der Waals surface area contributed by atoms with Gasteiger partial charge in [-0.25, -0.2) is 9.59 Å². The standard InChI is InChI=1S/C14H20N2O4S/c1-10(21(2)20)9-15-14(19)16-12(13(17)18)8-11-6-4-3-5-7-11/h3-7,10,12H,8-9H2,1-2H3,(H,17,18)(H2,15,16,19)/t10?,12-,21?/m0/s1. The first-order valence-corrected chi connectivity index (χ1v) is 8.15. The van der Waals surface area contributed by atoms with Gasteiger partial charge < -0.3 is 15.7 Å². The fraction of sp³-hybridized carbons (Fsp3) is 0.429. The highest BCUT2D eigenvalue weighted by Crippen LogP contribution is 2.03. The van der Waals surface area contributed by atoms with Crippen molar-refractivity contribution in [1.82, 2.24) is 10.6 Å². The van der Waals surface area contributed by atoms with Gasteiger partial charge in [-0.3, -0.25) is 4.21 Å². The summed E-state index contributed by atoms with van der Waals surface area (Å²) < 4.78 is 11.2. The number of carboxylic acids is 1. The second-order valence-electron chi connectivity index (χ2n) is 4.74. The molecule has 0 fully saturated rings. The van der Waals surface area contributed by atoms with Gasteiger partial charge in [-0.1, -0.05) is 30.3 Å². The van der Waals surface area contributed by atoms with Gasteiger partial charge in [0, 0.05) is 35.3 Å². The number of benzene rings is 1. The molecule has 0 radical (unpaired) electrons. The highest BCUT2D eigenvalue weighted by molar-refractivity contribution is 7.84. The molecule has 0 bridgehead atoms. The summed E-state index contributed by atoms with van der Waals surface area (Å²) in [7, 11) is -1.04. The molecular weight excluding hydrogens is 292 g/mol. The highest BCUT2D eigenvalue weighted by Gasteiger charge is 2.20. The van der Waals surface area contributed by atoms with E-state index < -0.39 is 28.8 Å². The van der Waals surface area contributed by atoms with E-state index in [1.807, 2.05) is 18.2 Å². The Labute approximate surface area is 126 Å². The second kappa shape index (κ2) is 8.41. The summed E-state index contributed by atoms with van der Waals surface area (Å²) in [4.78, 5) is 22.9. The summed E-state index contributed by atoms with van der Waals surface area (Å²) >= 11 is 0. The summed E-state index contributed by atoms with van der Waals surface area (Å²) in [5.74, 6) is -1.10. The Kier molecular flexibility index (Phi) is 6.87. The van der Waals surface area contributed by atoms with Crippen LogP contribution in [0.25, 0.3) is 0 Å². The number of aliphatic carboxylic acids is 1. The number of amides is 2. The smallest absolute Gasteiger partial charge is 0.326 e. The van der Waals surface area contributed by atoms with Gasteiger partial charge in [0.1, 0.15) is 6.04 Å². The quantitative estimate of drug-likeness (QED) is 0.692. The molecule has 0 aromatic heterocycles. The summed E-state index contributed by atoms with van der Waals surface area (Å²) in [5, 5.41) is 13.9. The van der Waals surface area contributed by atoms with E-state index in [0.29, 0.717) is 0 Å². The lowest BCUT2D eigenvalue weighted by atomic mass is 10.1. The molecule has 0 aliphatic rings. The lowest BCUT2D eigenvalue weighted by molar-refractivity contribution is -0.139. The van der Waals surface area contributed by atoms with E-state index in [9.17, 15) is 13.8 Å². The summed E-state index contributed by atoms with van der Waals surface area (Å²) in [6, 6.07) is 7.49. The zero-order valence-corrected chi connectivity index (χ0v) is 12.9. The van der Waals surface area contributed by atoms with Crippen LogP contribution in [-0.2, 0) is 22.0 Å². The number of nitrogens with one attached hydrogen (secondary N) is 2. The molecule has 3 N–H and O–H groups in total. The Bertz CT molecular complexity index is 507. The first kappa shape index (κ1) is 17.2. The van der Waals surface area contributed by atoms with Crippen molar-refractivity contribution in [1.29, 1.82) is 0 Å². The minimum Gasteiger partial charge on any atom is -0.480 e. The second-order valence-corrected chi connectivity index (χ2v) is 6.55. The van der Waals surface area contributed by atoms with E-state index in [4.69, 9.17) is 5.11 Å². The molecule has 0 spiro atoms. The van der Waals surface area contributed by atoms with Crippen molar-refractivity contribution in [2.75, 3.05) is 12.8 Å². The predicted molar refractivity (Wildman–Crippen MR) is 81.6 cm³/mol. The van der Waals surface area contributed by atoms with Gasteiger partial charge in [0.25, 0.3) is 0 Å². The molecular formula is C14H20N2O4S. The lowest BCUT2D eigenvalue weighted by Crippen LogP contribution is -2.48. The van der Waals surface area contributed by atoms with Crippen molar-refractivity contribution in [3.63, 3.8) is 0 Å². The lowest BCUT2D eigenvalue weighted by Gasteiger charge is -2.16. The van der Waals surface area contributed by atoms with Crippen LogP contribution in [0.1, 0.15) is 12.5 Å². The SMILES string of the molecule is CC(CNC(=O)N[C@@H](Cc1ccccc1)C(=O)O)S(C)=O. The van der Waals surface area contributed by atoms with Crippen LogP contribution >= 0.6 is 0 Å². The van der Waals surface area contributed by atoms with E-state index in [2.05, 4.69) is 10.6 Å². The normalized spacial score (nSPS) is 14.8. The zero-order chi connectivity index (χ0) is 15.8. The Hall–Kier alpha value is -1.89. The van der Waals surface area contributed by atoms with E-state index in [1.165, 1.54) is 0 Å². The Morgan fingerprint density at radius 1 is 1.29 bits per heavy atom. The van der Waals surface area contributed by atoms with E-state index in [0.717, 1.165) is 5.56 Å². The molecule has 0 heterocycles. The molecule has 1 rings (SSSR count). The maximum Gasteiger partial charge on any atom is 0.326 e. The number of hydrogen-bond donors (Lipinski definition) is 3. The first-order valence-electron chi connectivity index (χ1n) is 6.53. The molecule has 116 valence electrons. The van der Waals surface area contributed by atoms with E-state index >= 15 is 0 Å². The van der Waals surface area contributed by atoms with Crippen molar-refractivity contribution in [3.8, 4) is 0 Å². The van der Waals surface area contributed by atoms with Crippen LogP contribution in [0.15, 0.2) is 30.3 Å². The van der Waals surface area contributed by atoms with Gasteiger partial charge in [0.05, 0.1) is 0 Å². The number of carbonyl (C=O) groups is 2. The van der Waals surface area contributed by atoms with Gasteiger partial charge in [-0.05, 0) is 12.5 Å². The van der Waals surface area contributed by atoms with Crippen molar-refractivity contribution in [2.45, 2.75) is 24.6 Å². The molecule has 2 amide bonds. The maximum atomic E-state index is 11.7. The van der Waals surface area contributed by atoms with Gasteiger partial charge in [0.2, 0.25) is 0 Å². The van der Waals surface area contributed by atoms with Crippen molar-refractivity contribution < 1.29 is 18.9 Å².